The molecule has 0 saturated carbocycles. The van der Waals surface area contributed by atoms with E-state index in [-0.39, 0.29) is 23.1 Å². The van der Waals surface area contributed by atoms with Crippen LogP contribution in [-0.4, -0.2) is 59.1 Å². The Morgan fingerprint density at radius 1 is 1.32 bits per heavy atom. The largest absolute Gasteiger partial charge is 0.378 e. The van der Waals surface area contributed by atoms with Crippen LogP contribution >= 0.6 is 0 Å². The molecular formula is C18H28N4O3. The number of nitrogens with one attached hydrogen (secondary N) is 1. The molecule has 1 saturated heterocycles. The van der Waals surface area contributed by atoms with Crippen LogP contribution in [0.4, 0.5) is 0 Å². The SMILES string of the molecule is CC(C)(C)CNC(=O)c1ncn2c1CCC(C(=O)N1CCOCC1)C2. The lowest BCUT2D eigenvalue weighted by Crippen LogP contribution is -2.45. The molecule has 1 aromatic heterocycles. The van der Waals surface area contributed by atoms with Gasteiger partial charge in [-0.2, -0.15) is 0 Å². The van der Waals surface area contributed by atoms with Crippen molar-refractivity contribution in [3.05, 3.63) is 17.7 Å². The molecule has 3 heterocycles. The maximum absolute atomic E-state index is 12.7. The highest BCUT2D eigenvalue weighted by Gasteiger charge is 2.31. The van der Waals surface area contributed by atoms with Crippen LogP contribution in [0.3, 0.4) is 0 Å². The Hall–Kier alpha value is -1.89. The van der Waals surface area contributed by atoms with E-state index in [2.05, 4.69) is 31.1 Å². The summed E-state index contributed by atoms with van der Waals surface area (Å²) >= 11 is 0. The van der Waals surface area contributed by atoms with Crippen LogP contribution in [-0.2, 0) is 22.5 Å². The summed E-state index contributed by atoms with van der Waals surface area (Å²) in [5.41, 5.74) is 1.48. The topological polar surface area (TPSA) is 76.5 Å². The summed E-state index contributed by atoms with van der Waals surface area (Å²) in [6.45, 7) is 10.0. The lowest BCUT2D eigenvalue weighted by atomic mass is 9.95. The second kappa shape index (κ2) is 7.15. The van der Waals surface area contributed by atoms with E-state index in [4.69, 9.17) is 4.74 Å². The first kappa shape index (κ1) is 17.9. The zero-order valence-electron chi connectivity index (χ0n) is 15.4. The minimum Gasteiger partial charge on any atom is -0.378 e. The Morgan fingerprint density at radius 2 is 2.04 bits per heavy atom. The van der Waals surface area contributed by atoms with Crippen LogP contribution in [0, 0.1) is 11.3 Å². The third kappa shape index (κ3) is 4.21. The monoisotopic (exact) mass is 348 g/mol. The van der Waals surface area contributed by atoms with Crippen LogP contribution in [0.5, 0.6) is 0 Å². The van der Waals surface area contributed by atoms with Gasteiger partial charge in [-0.15, -0.1) is 0 Å². The van der Waals surface area contributed by atoms with E-state index < -0.39 is 0 Å². The highest BCUT2D eigenvalue weighted by Crippen LogP contribution is 2.24. The van der Waals surface area contributed by atoms with Gasteiger partial charge in [-0.1, -0.05) is 20.8 Å². The Morgan fingerprint density at radius 3 is 2.72 bits per heavy atom. The fourth-order valence-electron chi connectivity index (χ4n) is 3.33. The third-order valence-corrected chi connectivity index (χ3v) is 4.76. The molecule has 7 nitrogen and oxygen atoms in total. The molecule has 138 valence electrons. The van der Waals surface area contributed by atoms with Gasteiger partial charge in [-0.3, -0.25) is 9.59 Å². The number of carbonyl (C=O) groups excluding carboxylic acids is 2. The van der Waals surface area contributed by atoms with Gasteiger partial charge in [-0.05, 0) is 18.3 Å². The van der Waals surface area contributed by atoms with E-state index >= 15 is 0 Å². The van der Waals surface area contributed by atoms with Gasteiger partial charge in [0.25, 0.3) is 5.91 Å². The summed E-state index contributed by atoms with van der Waals surface area (Å²) < 4.78 is 7.29. The number of hydrogen-bond acceptors (Lipinski definition) is 4. The normalized spacial score (nSPS) is 20.9. The van der Waals surface area contributed by atoms with E-state index in [1.165, 1.54) is 0 Å². The van der Waals surface area contributed by atoms with Crippen LogP contribution in [0.1, 0.15) is 43.4 Å². The standard InChI is InChI=1S/C18H28N4O3/c1-18(2,3)11-19-16(23)15-14-5-4-13(10-22(14)12-20-15)17(24)21-6-8-25-9-7-21/h12-13H,4-11H2,1-3H3,(H,19,23). The number of rotatable bonds is 3. The number of carbonyl (C=O) groups is 2. The first-order chi connectivity index (χ1) is 11.8. The van der Waals surface area contributed by atoms with Gasteiger partial charge in [0.2, 0.25) is 5.91 Å². The van der Waals surface area contributed by atoms with E-state index in [9.17, 15) is 9.59 Å². The number of ether oxygens (including phenoxy) is 1. The van der Waals surface area contributed by atoms with Gasteiger partial charge in [-0.25, -0.2) is 4.98 Å². The minimum atomic E-state index is -0.123. The Kier molecular flexibility index (Phi) is 5.13. The van der Waals surface area contributed by atoms with Gasteiger partial charge in [0.05, 0.1) is 31.2 Å². The number of fused-ring (bicyclic) bond motifs is 1. The Bertz CT molecular complexity index is 641. The van der Waals surface area contributed by atoms with Gasteiger partial charge in [0, 0.05) is 26.2 Å². The molecule has 0 aliphatic carbocycles. The molecule has 0 aromatic carbocycles. The molecule has 2 aliphatic heterocycles. The van der Waals surface area contributed by atoms with Crippen molar-refractivity contribution in [1.29, 1.82) is 0 Å². The van der Waals surface area contributed by atoms with Crippen molar-refractivity contribution in [2.24, 2.45) is 11.3 Å². The summed E-state index contributed by atoms with van der Waals surface area (Å²) in [5, 5.41) is 2.96. The fraction of sp³-hybridized carbons (Fsp3) is 0.722. The van der Waals surface area contributed by atoms with Crippen molar-refractivity contribution in [2.45, 2.75) is 40.2 Å². The van der Waals surface area contributed by atoms with Gasteiger partial charge in [0.1, 0.15) is 5.69 Å². The molecule has 0 bridgehead atoms. The zero-order chi connectivity index (χ0) is 18.0. The molecule has 0 radical (unpaired) electrons. The maximum Gasteiger partial charge on any atom is 0.271 e. The first-order valence-corrected chi connectivity index (χ1v) is 9.04. The van der Waals surface area contributed by atoms with Crippen molar-refractivity contribution in [2.75, 3.05) is 32.8 Å². The van der Waals surface area contributed by atoms with Crippen molar-refractivity contribution in [3.8, 4) is 0 Å². The smallest absolute Gasteiger partial charge is 0.271 e. The number of imidazole rings is 1. The Balaban J connectivity index is 1.64. The highest BCUT2D eigenvalue weighted by molar-refractivity contribution is 5.93. The highest BCUT2D eigenvalue weighted by atomic mass is 16.5. The van der Waals surface area contributed by atoms with E-state index in [1.54, 1.807) is 6.33 Å². The van der Waals surface area contributed by atoms with Crippen molar-refractivity contribution in [1.82, 2.24) is 19.8 Å². The van der Waals surface area contributed by atoms with Crippen molar-refractivity contribution in [3.63, 3.8) is 0 Å². The van der Waals surface area contributed by atoms with Gasteiger partial charge >= 0.3 is 0 Å². The summed E-state index contributed by atoms with van der Waals surface area (Å²) in [6.07, 6.45) is 3.17. The van der Waals surface area contributed by atoms with Crippen LogP contribution in [0.2, 0.25) is 0 Å². The molecule has 2 aliphatic rings. The Labute approximate surface area is 148 Å². The number of morpholine rings is 1. The average molecular weight is 348 g/mol. The summed E-state index contributed by atoms with van der Waals surface area (Å²) in [5.74, 6) is 0.0355. The number of hydrogen-bond donors (Lipinski definition) is 1. The fourth-order valence-corrected chi connectivity index (χ4v) is 3.33. The molecule has 1 unspecified atom stereocenters. The molecule has 25 heavy (non-hydrogen) atoms. The lowest BCUT2D eigenvalue weighted by molar-refractivity contribution is -0.140. The zero-order valence-corrected chi connectivity index (χ0v) is 15.4. The summed E-state index contributed by atoms with van der Waals surface area (Å²) in [6, 6.07) is 0. The maximum atomic E-state index is 12.7. The second-order valence-electron chi connectivity index (χ2n) is 8.11. The third-order valence-electron chi connectivity index (χ3n) is 4.76. The molecule has 7 heteroatoms. The molecular weight excluding hydrogens is 320 g/mol. The van der Waals surface area contributed by atoms with Crippen molar-refractivity contribution < 1.29 is 14.3 Å². The number of aromatic nitrogens is 2. The number of nitrogens with zero attached hydrogens (tertiary/aromatic N) is 3. The van der Waals surface area contributed by atoms with E-state index in [1.807, 2.05) is 9.47 Å². The number of amides is 2. The van der Waals surface area contributed by atoms with Crippen LogP contribution in [0.25, 0.3) is 0 Å². The van der Waals surface area contributed by atoms with E-state index in [0.29, 0.717) is 51.5 Å². The quantitative estimate of drug-likeness (QED) is 0.887. The van der Waals surface area contributed by atoms with Crippen molar-refractivity contribution >= 4 is 11.8 Å². The average Bonchev–Trinajstić information content (AvgIpc) is 3.02. The molecule has 1 N–H and O–H groups in total. The van der Waals surface area contributed by atoms with Gasteiger partial charge in [0.15, 0.2) is 0 Å². The predicted octanol–water partition coefficient (Wildman–Crippen LogP) is 1.08. The van der Waals surface area contributed by atoms with Crippen LogP contribution in [0.15, 0.2) is 6.33 Å². The second-order valence-corrected chi connectivity index (χ2v) is 8.11. The van der Waals surface area contributed by atoms with Crippen LogP contribution < -0.4 is 5.32 Å². The van der Waals surface area contributed by atoms with Gasteiger partial charge < -0.3 is 19.5 Å². The molecule has 0 spiro atoms. The molecule has 1 aromatic rings. The van der Waals surface area contributed by atoms with E-state index in [0.717, 1.165) is 12.1 Å². The predicted molar refractivity (Wildman–Crippen MR) is 93.2 cm³/mol. The first-order valence-electron chi connectivity index (χ1n) is 9.04. The molecule has 1 atom stereocenters. The minimum absolute atomic E-state index is 0.0329. The molecule has 2 amide bonds. The molecule has 1 fully saturated rings. The summed E-state index contributed by atoms with van der Waals surface area (Å²) in [7, 11) is 0. The lowest BCUT2D eigenvalue weighted by Gasteiger charge is -2.32. The summed E-state index contributed by atoms with van der Waals surface area (Å²) in [4.78, 5) is 31.3. The molecule has 3 rings (SSSR count).